The lowest BCUT2D eigenvalue weighted by atomic mass is 9.73. The highest BCUT2D eigenvalue weighted by molar-refractivity contribution is 9.10. The van der Waals surface area contributed by atoms with E-state index in [1.54, 1.807) is 12.1 Å². The van der Waals surface area contributed by atoms with Gasteiger partial charge in [0.1, 0.15) is 5.82 Å². The van der Waals surface area contributed by atoms with Crippen LogP contribution in [0.3, 0.4) is 0 Å². The van der Waals surface area contributed by atoms with Crippen LogP contribution in [-0.2, 0) is 0 Å². The van der Waals surface area contributed by atoms with Gasteiger partial charge in [0.05, 0.1) is 10.0 Å². The van der Waals surface area contributed by atoms with Gasteiger partial charge in [-0.15, -0.1) is 0 Å². The predicted octanol–water partition coefficient (Wildman–Crippen LogP) is 4.29. The molecule has 0 bridgehead atoms. The van der Waals surface area contributed by atoms with Gasteiger partial charge in [0, 0.05) is 6.04 Å². The van der Waals surface area contributed by atoms with Crippen LogP contribution in [0.15, 0.2) is 22.7 Å². The van der Waals surface area contributed by atoms with E-state index in [0.717, 1.165) is 19.3 Å². The van der Waals surface area contributed by atoms with Crippen molar-refractivity contribution in [2.45, 2.75) is 45.6 Å². The Morgan fingerprint density at radius 1 is 1.42 bits per heavy atom. The third-order valence-corrected chi connectivity index (χ3v) is 4.62. The Balaban J connectivity index is 2.15. The Morgan fingerprint density at radius 2 is 2.16 bits per heavy atom. The molecule has 1 atom stereocenters. The first-order valence-electron chi connectivity index (χ1n) is 6.67. The monoisotopic (exact) mass is 327 g/mol. The second-order valence-electron chi connectivity index (χ2n) is 5.86. The van der Waals surface area contributed by atoms with E-state index in [2.05, 4.69) is 35.1 Å². The molecule has 2 nitrogen and oxygen atoms in total. The molecule has 0 aliphatic heterocycles. The molecule has 1 aliphatic rings. The standard InChI is InChI=1S/C15H19BrFNO/c1-15(2)9-4-3-8-12(15)18-14(19)10-6-5-7-11(16)13(10)17/h5-7,12H,3-4,8-9H2,1-2H3,(H,18,19). The fourth-order valence-electron chi connectivity index (χ4n) is 2.68. The van der Waals surface area contributed by atoms with Crippen LogP contribution in [0.5, 0.6) is 0 Å². The molecule has 1 N–H and O–H groups in total. The molecule has 0 saturated heterocycles. The van der Waals surface area contributed by atoms with Crippen molar-refractivity contribution in [1.82, 2.24) is 5.32 Å². The number of halogens is 2. The van der Waals surface area contributed by atoms with Crippen molar-refractivity contribution < 1.29 is 9.18 Å². The molecular formula is C15H19BrFNO. The Bertz CT molecular complexity index is 487. The van der Waals surface area contributed by atoms with Gasteiger partial charge in [-0.1, -0.05) is 32.8 Å². The van der Waals surface area contributed by atoms with Gasteiger partial charge in [-0.3, -0.25) is 4.79 Å². The molecule has 4 heteroatoms. The van der Waals surface area contributed by atoms with Gasteiger partial charge in [-0.25, -0.2) is 4.39 Å². The minimum Gasteiger partial charge on any atom is -0.349 e. The summed E-state index contributed by atoms with van der Waals surface area (Å²) in [7, 11) is 0. The lowest BCUT2D eigenvalue weighted by Crippen LogP contribution is -2.47. The van der Waals surface area contributed by atoms with Gasteiger partial charge >= 0.3 is 0 Å². The Morgan fingerprint density at radius 3 is 2.84 bits per heavy atom. The zero-order chi connectivity index (χ0) is 14.0. The van der Waals surface area contributed by atoms with Crippen LogP contribution in [0, 0.1) is 11.2 Å². The first-order chi connectivity index (χ1) is 8.92. The molecule has 1 unspecified atom stereocenters. The summed E-state index contributed by atoms with van der Waals surface area (Å²) in [5, 5.41) is 2.99. The Labute approximate surface area is 121 Å². The van der Waals surface area contributed by atoms with E-state index in [1.165, 1.54) is 12.5 Å². The lowest BCUT2D eigenvalue weighted by molar-refractivity contribution is 0.0849. The number of carbonyl (C=O) groups is 1. The SMILES string of the molecule is CC1(C)CCCCC1NC(=O)c1cccc(Br)c1F. The molecule has 0 radical (unpaired) electrons. The number of benzene rings is 1. The maximum atomic E-state index is 13.9. The summed E-state index contributed by atoms with van der Waals surface area (Å²) in [6.07, 6.45) is 4.38. The quantitative estimate of drug-likeness (QED) is 0.862. The number of rotatable bonds is 2. The second-order valence-corrected chi connectivity index (χ2v) is 6.72. The maximum absolute atomic E-state index is 13.9. The molecule has 1 aromatic carbocycles. The zero-order valence-electron chi connectivity index (χ0n) is 11.3. The molecule has 2 rings (SSSR count). The highest BCUT2D eigenvalue weighted by Crippen LogP contribution is 2.35. The molecule has 104 valence electrons. The number of amides is 1. The number of hydrogen-bond donors (Lipinski definition) is 1. The van der Waals surface area contributed by atoms with E-state index in [-0.39, 0.29) is 22.9 Å². The molecule has 1 aromatic rings. The zero-order valence-corrected chi connectivity index (χ0v) is 12.9. The van der Waals surface area contributed by atoms with Crippen LogP contribution in [0.25, 0.3) is 0 Å². The van der Waals surface area contributed by atoms with E-state index < -0.39 is 5.82 Å². The van der Waals surface area contributed by atoms with Crippen LogP contribution in [0.4, 0.5) is 4.39 Å². The van der Waals surface area contributed by atoms with Crippen LogP contribution >= 0.6 is 15.9 Å². The Hall–Kier alpha value is -0.900. The fourth-order valence-corrected chi connectivity index (χ4v) is 3.04. The average Bonchev–Trinajstić information content (AvgIpc) is 2.35. The molecule has 0 aromatic heterocycles. The van der Waals surface area contributed by atoms with Gasteiger partial charge in [0.25, 0.3) is 5.91 Å². The maximum Gasteiger partial charge on any atom is 0.254 e. The second kappa shape index (κ2) is 5.61. The van der Waals surface area contributed by atoms with Crippen LogP contribution in [0.1, 0.15) is 49.9 Å². The number of hydrogen-bond acceptors (Lipinski definition) is 1. The van der Waals surface area contributed by atoms with Crippen molar-refractivity contribution in [2.24, 2.45) is 5.41 Å². The molecule has 1 amide bonds. The largest absolute Gasteiger partial charge is 0.349 e. The van der Waals surface area contributed by atoms with Gasteiger partial charge in [-0.2, -0.15) is 0 Å². The van der Waals surface area contributed by atoms with E-state index in [9.17, 15) is 9.18 Å². The van der Waals surface area contributed by atoms with Gasteiger partial charge in [-0.05, 0) is 46.3 Å². The van der Waals surface area contributed by atoms with Crippen molar-refractivity contribution in [3.05, 3.63) is 34.1 Å². The third kappa shape index (κ3) is 3.16. The highest BCUT2D eigenvalue weighted by Gasteiger charge is 2.33. The summed E-state index contributed by atoms with van der Waals surface area (Å²) in [6, 6.07) is 4.91. The summed E-state index contributed by atoms with van der Waals surface area (Å²) in [5.41, 5.74) is 0.187. The summed E-state index contributed by atoms with van der Waals surface area (Å²) in [6.45, 7) is 4.32. The van der Waals surface area contributed by atoms with Crippen LogP contribution in [-0.4, -0.2) is 11.9 Å². The van der Waals surface area contributed by atoms with E-state index in [0.29, 0.717) is 4.47 Å². The topological polar surface area (TPSA) is 29.1 Å². The first-order valence-corrected chi connectivity index (χ1v) is 7.46. The molecule has 1 aliphatic carbocycles. The summed E-state index contributed by atoms with van der Waals surface area (Å²) >= 11 is 3.11. The molecule has 1 saturated carbocycles. The molecule has 0 heterocycles. The minimum absolute atomic E-state index is 0.0798. The van der Waals surface area contributed by atoms with Crippen molar-refractivity contribution >= 4 is 21.8 Å². The number of carbonyl (C=O) groups excluding carboxylic acids is 1. The van der Waals surface area contributed by atoms with Crippen molar-refractivity contribution in [3.8, 4) is 0 Å². The summed E-state index contributed by atoms with van der Waals surface area (Å²) in [4.78, 5) is 12.2. The van der Waals surface area contributed by atoms with E-state index in [1.807, 2.05) is 0 Å². The summed E-state index contributed by atoms with van der Waals surface area (Å²) < 4.78 is 14.2. The molecule has 19 heavy (non-hydrogen) atoms. The number of nitrogens with one attached hydrogen (secondary N) is 1. The fraction of sp³-hybridized carbons (Fsp3) is 0.533. The molecule has 1 fully saturated rings. The van der Waals surface area contributed by atoms with Crippen LogP contribution in [0.2, 0.25) is 0 Å². The minimum atomic E-state index is -0.492. The Kier molecular flexibility index (Phi) is 4.29. The molecular weight excluding hydrogens is 309 g/mol. The first kappa shape index (κ1) is 14.5. The van der Waals surface area contributed by atoms with E-state index in [4.69, 9.17) is 0 Å². The van der Waals surface area contributed by atoms with Crippen molar-refractivity contribution in [2.75, 3.05) is 0 Å². The lowest BCUT2D eigenvalue weighted by Gasteiger charge is -2.39. The van der Waals surface area contributed by atoms with E-state index >= 15 is 0 Å². The highest BCUT2D eigenvalue weighted by atomic mass is 79.9. The van der Waals surface area contributed by atoms with Gasteiger partial charge in [0.15, 0.2) is 0 Å². The van der Waals surface area contributed by atoms with Crippen molar-refractivity contribution in [3.63, 3.8) is 0 Å². The smallest absolute Gasteiger partial charge is 0.254 e. The normalized spacial score (nSPS) is 22.0. The molecule has 0 spiro atoms. The van der Waals surface area contributed by atoms with Gasteiger partial charge in [0.2, 0.25) is 0 Å². The van der Waals surface area contributed by atoms with Crippen LogP contribution < -0.4 is 5.32 Å². The van der Waals surface area contributed by atoms with Gasteiger partial charge < -0.3 is 5.32 Å². The average molecular weight is 328 g/mol. The third-order valence-electron chi connectivity index (χ3n) is 4.01. The van der Waals surface area contributed by atoms with Crippen molar-refractivity contribution in [1.29, 1.82) is 0 Å². The summed E-state index contributed by atoms with van der Waals surface area (Å²) in [5.74, 6) is -0.813. The predicted molar refractivity (Wildman–Crippen MR) is 77.6 cm³/mol.